The number of fused-ring (bicyclic) bond motifs is 2. The summed E-state index contributed by atoms with van der Waals surface area (Å²) in [6.07, 6.45) is 6.10. The summed E-state index contributed by atoms with van der Waals surface area (Å²) in [6, 6.07) is 2.19. The molecule has 0 aromatic heterocycles. The number of methoxy groups -OCH3 is 1. The quantitative estimate of drug-likeness (QED) is 0.220. The fourth-order valence-corrected chi connectivity index (χ4v) is 8.08. The minimum absolute atomic E-state index is 0.00545. The summed E-state index contributed by atoms with van der Waals surface area (Å²) in [5.41, 5.74) is -1.99. The predicted octanol–water partition coefficient (Wildman–Crippen LogP) is 5.89. The van der Waals surface area contributed by atoms with Crippen molar-refractivity contribution in [3.63, 3.8) is 0 Å². The Hall–Kier alpha value is -3.37. The zero-order chi connectivity index (χ0) is 35.0. The normalized spacial score (nSPS) is 29.1. The molecule has 1 aromatic rings. The molecule has 4 aliphatic rings. The van der Waals surface area contributed by atoms with E-state index in [9.17, 15) is 19.2 Å². The molecule has 1 aromatic carbocycles. The fraction of sp³-hybridized carbons (Fsp3) is 0.730. The second kappa shape index (κ2) is 13.9. The van der Waals surface area contributed by atoms with E-state index in [0.717, 1.165) is 38.2 Å². The Morgan fingerprint density at radius 2 is 1.62 bits per heavy atom. The zero-order valence-corrected chi connectivity index (χ0v) is 29.5. The molecule has 0 spiro atoms. The lowest BCUT2D eigenvalue weighted by Gasteiger charge is -2.39. The molecule has 5 rings (SSSR count). The van der Waals surface area contributed by atoms with Gasteiger partial charge in [-0.05, 0) is 116 Å². The zero-order valence-electron chi connectivity index (χ0n) is 29.5. The summed E-state index contributed by atoms with van der Waals surface area (Å²) >= 11 is 0. The van der Waals surface area contributed by atoms with Gasteiger partial charge in [-0.1, -0.05) is 13.3 Å². The smallest absolute Gasteiger partial charge is 0.324 e. The Labute approximate surface area is 283 Å². The van der Waals surface area contributed by atoms with Crippen LogP contribution in [0.2, 0.25) is 0 Å². The van der Waals surface area contributed by atoms with Crippen molar-refractivity contribution in [3.8, 4) is 11.5 Å². The van der Waals surface area contributed by atoms with Crippen molar-refractivity contribution >= 4 is 23.8 Å². The van der Waals surface area contributed by atoms with Gasteiger partial charge in [-0.25, -0.2) is 4.39 Å². The highest BCUT2D eigenvalue weighted by atomic mass is 19.1. The monoisotopic (exact) mass is 672 g/mol. The van der Waals surface area contributed by atoms with Gasteiger partial charge in [0.15, 0.2) is 17.0 Å². The van der Waals surface area contributed by atoms with Gasteiger partial charge in [-0.15, -0.1) is 0 Å². The minimum atomic E-state index is -1.47. The van der Waals surface area contributed by atoms with Crippen LogP contribution in [-0.4, -0.2) is 61.3 Å². The first-order valence-corrected chi connectivity index (χ1v) is 17.6. The summed E-state index contributed by atoms with van der Waals surface area (Å²) in [4.78, 5) is 53.4. The average molecular weight is 673 g/mol. The first kappa shape index (κ1) is 35.9. The van der Waals surface area contributed by atoms with Crippen LogP contribution < -0.4 is 20.1 Å². The number of halogens is 1. The van der Waals surface area contributed by atoms with Gasteiger partial charge >= 0.3 is 11.9 Å². The van der Waals surface area contributed by atoms with Gasteiger partial charge in [0.1, 0.15) is 11.4 Å². The maximum Gasteiger partial charge on any atom is 0.324 e. The van der Waals surface area contributed by atoms with Gasteiger partial charge in [0.25, 0.3) is 5.91 Å². The minimum Gasteiger partial charge on any atom is -0.490 e. The average Bonchev–Trinajstić information content (AvgIpc) is 3.61. The summed E-state index contributed by atoms with van der Waals surface area (Å²) in [6.45, 7) is 11.6. The van der Waals surface area contributed by atoms with Crippen molar-refractivity contribution in [1.29, 1.82) is 0 Å². The van der Waals surface area contributed by atoms with Crippen LogP contribution in [0.3, 0.4) is 0 Å². The fourth-order valence-electron chi connectivity index (χ4n) is 8.08. The molecule has 10 nitrogen and oxygen atoms in total. The second-order valence-corrected chi connectivity index (χ2v) is 16.1. The molecule has 4 aliphatic carbocycles. The van der Waals surface area contributed by atoms with Gasteiger partial charge in [-0.3, -0.25) is 19.2 Å². The van der Waals surface area contributed by atoms with E-state index in [1.165, 1.54) is 19.6 Å². The first-order chi connectivity index (χ1) is 22.5. The molecule has 0 radical (unpaired) electrons. The van der Waals surface area contributed by atoms with Gasteiger partial charge in [0.2, 0.25) is 5.91 Å². The SMILES string of the molecule is COC(=O)C1(C(=O)OC(C)(C)C)CCC(Oc2cc(C(=O)N[C@@H]3[C@H]4CC[C@H](C4)[C@@H]3C(=O)NCC3(C)CCC3)c(OC(C)C)cc2F)CC1. The number of carbonyl (C=O) groups is 4. The Kier molecular flexibility index (Phi) is 10.4. The largest absolute Gasteiger partial charge is 0.490 e. The molecule has 0 unspecified atom stereocenters. The summed E-state index contributed by atoms with van der Waals surface area (Å²) < 4.78 is 38.1. The number of hydrogen-bond donors (Lipinski definition) is 2. The first-order valence-electron chi connectivity index (χ1n) is 17.6. The number of hydrogen-bond acceptors (Lipinski definition) is 8. The highest BCUT2D eigenvalue weighted by molar-refractivity contribution is 6.00. The van der Waals surface area contributed by atoms with Crippen molar-refractivity contribution in [1.82, 2.24) is 10.6 Å². The molecule has 4 fully saturated rings. The number of ether oxygens (including phenoxy) is 4. The van der Waals surface area contributed by atoms with E-state index >= 15 is 4.39 Å². The van der Waals surface area contributed by atoms with E-state index in [4.69, 9.17) is 18.9 Å². The Morgan fingerprint density at radius 3 is 2.21 bits per heavy atom. The van der Waals surface area contributed by atoms with Crippen LogP contribution in [0.5, 0.6) is 11.5 Å². The molecule has 4 atom stereocenters. The van der Waals surface area contributed by atoms with E-state index in [1.54, 1.807) is 34.6 Å². The molecule has 2 bridgehead atoms. The maximum absolute atomic E-state index is 15.5. The molecule has 266 valence electrons. The number of esters is 2. The third-order valence-electron chi connectivity index (χ3n) is 10.9. The summed E-state index contributed by atoms with van der Waals surface area (Å²) in [5.74, 6) is -2.40. The summed E-state index contributed by atoms with van der Waals surface area (Å²) in [7, 11) is 1.24. The van der Waals surface area contributed by atoms with Crippen molar-refractivity contribution in [3.05, 3.63) is 23.5 Å². The van der Waals surface area contributed by atoms with Crippen LogP contribution in [0.1, 0.15) is 116 Å². The standard InChI is InChI=1S/C37H53FN2O8/c1-21(2)46-27-19-26(38)28(47-24-11-15-37(16-12-24,33(43)45-7)34(44)48-35(3,4)5)18-25(27)31(41)40-30-23-10-9-22(17-23)29(30)32(42)39-20-36(6)13-8-14-36/h18-19,21-24,29-30H,8-17,20H2,1-7H3,(H,39,42)(H,40,41)/t22-,23+,24?,29+,30-,37?/m1/s1. The molecule has 4 saturated carbocycles. The number of benzene rings is 1. The lowest BCUT2D eigenvalue weighted by Crippen LogP contribution is -2.51. The molecule has 48 heavy (non-hydrogen) atoms. The van der Waals surface area contributed by atoms with Crippen LogP contribution in [0, 0.1) is 34.4 Å². The number of nitrogens with one attached hydrogen (secondary N) is 2. The van der Waals surface area contributed by atoms with Gasteiger partial charge < -0.3 is 29.6 Å². The third-order valence-corrected chi connectivity index (χ3v) is 10.9. The van der Waals surface area contributed by atoms with Gasteiger partial charge in [-0.2, -0.15) is 0 Å². The van der Waals surface area contributed by atoms with Crippen LogP contribution in [-0.2, 0) is 23.9 Å². The van der Waals surface area contributed by atoms with E-state index in [-0.39, 0.29) is 84.0 Å². The lowest BCUT2D eigenvalue weighted by atomic mass is 9.70. The van der Waals surface area contributed by atoms with Crippen molar-refractivity contribution < 1.29 is 42.5 Å². The van der Waals surface area contributed by atoms with Crippen molar-refractivity contribution in [2.24, 2.45) is 28.6 Å². The molecule has 0 heterocycles. The molecule has 11 heteroatoms. The predicted molar refractivity (Wildman–Crippen MR) is 176 cm³/mol. The summed E-state index contributed by atoms with van der Waals surface area (Å²) in [5, 5.41) is 6.33. The van der Waals surface area contributed by atoms with Crippen molar-refractivity contribution in [2.45, 2.75) is 130 Å². The second-order valence-electron chi connectivity index (χ2n) is 16.1. The van der Waals surface area contributed by atoms with E-state index in [2.05, 4.69) is 17.6 Å². The molecular formula is C37H53FN2O8. The molecule has 0 saturated heterocycles. The molecule has 2 N–H and O–H groups in total. The lowest BCUT2D eigenvalue weighted by molar-refractivity contribution is -0.182. The van der Waals surface area contributed by atoms with Gasteiger partial charge in [0, 0.05) is 18.7 Å². The number of rotatable bonds is 11. The topological polar surface area (TPSA) is 129 Å². The van der Waals surface area contributed by atoms with E-state index < -0.39 is 40.8 Å². The Bertz CT molecular complexity index is 1390. The van der Waals surface area contributed by atoms with Crippen molar-refractivity contribution in [2.75, 3.05) is 13.7 Å². The highest BCUT2D eigenvalue weighted by Gasteiger charge is 2.53. The number of amides is 2. The maximum atomic E-state index is 15.5. The molecule has 0 aliphatic heterocycles. The Balaban J connectivity index is 1.31. The number of carbonyl (C=O) groups excluding carboxylic acids is 4. The third kappa shape index (κ3) is 7.59. The van der Waals surface area contributed by atoms with Crippen LogP contribution in [0.25, 0.3) is 0 Å². The molecule has 2 amide bonds. The molecular weight excluding hydrogens is 619 g/mol. The van der Waals surface area contributed by atoms with Gasteiger partial charge in [0.05, 0.1) is 30.8 Å². The van der Waals surface area contributed by atoms with Crippen LogP contribution in [0.4, 0.5) is 4.39 Å². The Morgan fingerprint density at radius 1 is 0.958 bits per heavy atom. The van der Waals surface area contributed by atoms with Crippen LogP contribution in [0.15, 0.2) is 12.1 Å². The highest BCUT2D eigenvalue weighted by Crippen LogP contribution is 2.49. The van der Waals surface area contributed by atoms with E-state index in [1.807, 2.05) is 0 Å². The van der Waals surface area contributed by atoms with E-state index in [0.29, 0.717) is 6.54 Å². The van der Waals surface area contributed by atoms with Crippen LogP contribution >= 0.6 is 0 Å².